The standard InChI is InChI=1S/C19H18FNO2/c1-13(22)21-18(14-6-3-2-4-7-14)11-16(12-19(21)23)15-8-5-9-17(20)10-15/h2-11,16,19,23H,12H2,1H3/t16-,19?/m0/s1. The number of aliphatic hydroxyl groups is 1. The summed E-state index contributed by atoms with van der Waals surface area (Å²) < 4.78 is 13.5. The molecule has 1 aliphatic heterocycles. The molecule has 0 bridgehead atoms. The Labute approximate surface area is 134 Å². The summed E-state index contributed by atoms with van der Waals surface area (Å²) in [6.07, 6.45) is 1.35. The fourth-order valence-corrected chi connectivity index (χ4v) is 3.03. The zero-order valence-electron chi connectivity index (χ0n) is 12.8. The van der Waals surface area contributed by atoms with Crippen LogP contribution in [0, 0.1) is 5.82 Å². The summed E-state index contributed by atoms with van der Waals surface area (Å²) in [5, 5.41) is 10.4. The molecule has 2 aromatic carbocycles. The first-order chi connectivity index (χ1) is 11.1. The molecule has 1 N–H and O–H groups in total. The first-order valence-electron chi connectivity index (χ1n) is 7.57. The lowest BCUT2D eigenvalue weighted by molar-refractivity contribution is -0.133. The second-order valence-corrected chi connectivity index (χ2v) is 5.68. The van der Waals surface area contributed by atoms with Gasteiger partial charge < -0.3 is 5.11 Å². The Morgan fingerprint density at radius 3 is 2.57 bits per heavy atom. The van der Waals surface area contributed by atoms with E-state index in [1.54, 1.807) is 6.07 Å². The van der Waals surface area contributed by atoms with Gasteiger partial charge in [0.25, 0.3) is 0 Å². The van der Waals surface area contributed by atoms with E-state index in [-0.39, 0.29) is 17.6 Å². The highest BCUT2D eigenvalue weighted by Gasteiger charge is 2.31. The van der Waals surface area contributed by atoms with Gasteiger partial charge in [-0.15, -0.1) is 0 Å². The molecule has 118 valence electrons. The number of allylic oxidation sites excluding steroid dienone is 1. The topological polar surface area (TPSA) is 40.5 Å². The number of benzene rings is 2. The van der Waals surface area contributed by atoms with Crippen molar-refractivity contribution in [1.82, 2.24) is 4.90 Å². The van der Waals surface area contributed by atoms with Crippen LogP contribution in [0.3, 0.4) is 0 Å². The minimum absolute atomic E-state index is 0.147. The van der Waals surface area contributed by atoms with Gasteiger partial charge in [0.2, 0.25) is 5.91 Å². The van der Waals surface area contributed by atoms with Crippen LogP contribution in [0.15, 0.2) is 60.7 Å². The van der Waals surface area contributed by atoms with Crippen molar-refractivity contribution < 1.29 is 14.3 Å². The average Bonchev–Trinajstić information content (AvgIpc) is 2.54. The van der Waals surface area contributed by atoms with Crippen LogP contribution < -0.4 is 0 Å². The minimum Gasteiger partial charge on any atom is -0.373 e. The van der Waals surface area contributed by atoms with E-state index < -0.39 is 6.23 Å². The molecule has 3 nitrogen and oxygen atoms in total. The van der Waals surface area contributed by atoms with Crippen molar-refractivity contribution >= 4 is 11.6 Å². The number of hydrogen-bond acceptors (Lipinski definition) is 2. The molecule has 0 spiro atoms. The Morgan fingerprint density at radius 1 is 1.17 bits per heavy atom. The maximum Gasteiger partial charge on any atom is 0.225 e. The molecular weight excluding hydrogens is 293 g/mol. The van der Waals surface area contributed by atoms with Crippen LogP contribution >= 0.6 is 0 Å². The summed E-state index contributed by atoms with van der Waals surface area (Å²) >= 11 is 0. The molecule has 0 fully saturated rings. The van der Waals surface area contributed by atoms with Crippen molar-refractivity contribution in [2.45, 2.75) is 25.5 Å². The Morgan fingerprint density at radius 2 is 1.91 bits per heavy atom. The molecule has 0 saturated heterocycles. The Kier molecular flexibility index (Phi) is 4.26. The summed E-state index contributed by atoms with van der Waals surface area (Å²) in [4.78, 5) is 13.3. The maximum absolute atomic E-state index is 13.5. The number of halogens is 1. The van der Waals surface area contributed by atoms with Crippen LogP contribution in [-0.2, 0) is 4.79 Å². The highest BCUT2D eigenvalue weighted by Crippen LogP contribution is 2.36. The van der Waals surface area contributed by atoms with Crippen LogP contribution in [0.1, 0.15) is 30.4 Å². The predicted octanol–water partition coefficient (Wildman–Crippen LogP) is 3.52. The normalized spacial score (nSPS) is 21.0. The van der Waals surface area contributed by atoms with Crippen molar-refractivity contribution in [3.63, 3.8) is 0 Å². The molecule has 1 unspecified atom stereocenters. The lowest BCUT2D eigenvalue weighted by Gasteiger charge is -2.36. The van der Waals surface area contributed by atoms with Crippen molar-refractivity contribution in [1.29, 1.82) is 0 Å². The van der Waals surface area contributed by atoms with Gasteiger partial charge in [-0.3, -0.25) is 9.69 Å². The second kappa shape index (κ2) is 6.34. The number of nitrogens with zero attached hydrogens (tertiary/aromatic N) is 1. The van der Waals surface area contributed by atoms with E-state index in [4.69, 9.17) is 0 Å². The van der Waals surface area contributed by atoms with Crippen LogP contribution in [0.25, 0.3) is 5.70 Å². The van der Waals surface area contributed by atoms with E-state index in [1.807, 2.05) is 42.5 Å². The number of aliphatic hydroxyl groups excluding tert-OH is 1. The van der Waals surface area contributed by atoms with Crippen molar-refractivity contribution in [2.24, 2.45) is 0 Å². The summed E-state index contributed by atoms with van der Waals surface area (Å²) in [5.41, 5.74) is 2.30. The fraction of sp³-hybridized carbons (Fsp3) is 0.211. The molecular formula is C19H18FNO2. The van der Waals surface area contributed by atoms with Crippen LogP contribution in [0.5, 0.6) is 0 Å². The third-order valence-electron chi connectivity index (χ3n) is 4.07. The third kappa shape index (κ3) is 3.17. The molecule has 0 aliphatic carbocycles. The number of carbonyl (C=O) groups excluding carboxylic acids is 1. The molecule has 3 rings (SSSR count). The Bertz CT molecular complexity index is 742. The van der Waals surface area contributed by atoms with E-state index in [0.29, 0.717) is 12.1 Å². The van der Waals surface area contributed by atoms with Gasteiger partial charge in [0, 0.05) is 19.3 Å². The number of amides is 1. The molecule has 23 heavy (non-hydrogen) atoms. The molecule has 0 saturated carbocycles. The first-order valence-corrected chi connectivity index (χ1v) is 7.57. The van der Waals surface area contributed by atoms with Crippen LogP contribution in [-0.4, -0.2) is 22.1 Å². The average molecular weight is 311 g/mol. The van der Waals surface area contributed by atoms with E-state index in [2.05, 4.69) is 0 Å². The summed E-state index contributed by atoms with van der Waals surface area (Å²) in [6.45, 7) is 1.43. The zero-order valence-corrected chi connectivity index (χ0v) is 12.8. The molecule has 1 amide bonds. The smallest absolute Gasteiger partial charge is 0.225 e. The second-order valence-electron chi connectivity index (χ2n) is 5.68. The SMILES string of the molecule is CC(=O)N1C(c2ccccc2)=C[C@H](c2cccc(F)c2)CC1O. The van der Waals surface area contributed by atoms with Crippen LogP contribution in [0.2, 0.25) is 0 Å². The lowest BCUT2D eigenvalue weighted by Crippen LogP contribution is -2.41. The molecule has 2 atom stereocenters. The van der Waals surface area contributed by atoms with Gasteiger partial charge in [0.05, 0.1) is 5.70 Å². The number of carbonyl (C=O) groups is 1. The van der Waals surface area contributed by atoms with Crippen molar-refractivity contribution in [3.8, 4) is 0 Å². The zero-order chi connectivity index (χ0) is 16.4. The number of rotatable bonds is 2. The first kappa shape index (κ1) is 15.4. The summed E-state index contributed by atoms with van der Waals surface area (Å²) in [5.74, 6) is -0.669. The van der Waals surface area contributed by atoms with Crippen LogP contribution in [0.4, 0.5) is 4.39 Å². The van der Waals surface area contributed by atoms with Crippen molar-refractivity contribution in [2.75, 3.05) is 0 Å². The fourth-order valence-electron chi connectivity index (χ4n) is 3.03. The molecule has 1 heterocycles. The van der Waals surface area contributed by atoms with E-state index in [1.165, 1.54) is 24.0 Å². The quantitative estimate of drug-likeness (QED) is 0.922. The number of hydrogen-bond donors (Lipinski definition) is 1. The Balaban J connectivity index is 2.07. The monoisotopic (exact) mass is 311 g/mol. The van der Waals surface area contributed by atoms with Gasteiger partial charge in [0.15, 0.2) is 0 Å². The van der Waals surface area contributed by atoms with Gasteiger partial charge in [-0.05, 0) is 23.3 Å². The highest BCUT2D eigenvalue weighted by molar-refractivity contribution is 5.86. The van der Waals surface area contributed by atoms with Gasteiger partial charge in [-0.25, -0.2) is 4.39 Å². The molecule has 1 aliphatic rings. The van der Waals surface area contributed by atoms with E-state index >= 15 is 0 Å². The summed E-state index contributed by atoms with van der Waals surface area (Å²) in [6, 6.07) is 15.8. The lowest BCUT2D eigenvalue weighted by atomic mass is 9.89. The van der Waals surface area contributed by atoms with E-state index in [0.717, 1.165) is 11.1 Å². The highest BCUT2D eigenvalue weighted by atomic mass is 19.1. The molecule has 4 heteroatoms. The van der Waals surface area contributed by atoms with Gasteiger partial charge in [-0.1, -0.05) is 48.5 Å². The molecule has 0 aromatic heterocycles. The van der Waals surface area contributed by atoms with Gasteiger partial charge >= 0.3 is 0 Å². The van der Waals surface area contributed by atoms with Gasteiger partial charge in [0.1, 0.15) is 12.0 Å². The Hall–Kier alpha value is -2.46. The predicted molar refractivity (Wildman–Crippen MR) is 86.7 cm³/mol. The van der Waals surface area contributed by atoms with Gasteiger partial charge in [-0.2, -0.15) is 0 Å². The third-order valence-corrected chi connectivity index (χ3v) is 4.07. The summed E-state index contributed by atoms with van der Waals surface area (Å²) in [7, 11) is 0. The minimum atomic E-state index is -0.930. The maximum atomic E-state index is 13.5. The van der Waals surface area contributed by atoms with E-state index in [9.17, 15) is 14.3 Å². The van der Waals surface area contributed by atoms with Crippen molar-refractivity contribution in [3.05, 3.63) is 77.6 Å². The molecule has 2 aromatic rings. The largest absolute Gasteiger partial charge is 0.373 e. The molecule has 0 radical (unpaired) electrons.